The molecule has 12 nitrogen and oxygen atoms in total. The Labute approximate surface area is 212 Å². The van der Waals surface area contributed by atoms with Crippen LogP contribution in [0.5, 0.6) is 0 Å². The maximum atomic E-state index is 13.3. The van der Waals surface area contributed by atoms with Gasteiger partial charge < -0.3 is 48.8 Å². The smallest absolute Gasteiger partial charge is 0.334 e. The van der Waals surface area contributed by atoms with Crippen LogP contribution in [-0.4, -0.2) is 100 Å². The number of carbonyl (C=O) groups is 2. The number of carbonyl (C=O) groups excluding carboxylic acids is 2. The molecule has 6 aliphatic rings. The molecule has 6 rings (SSSR count). The van der Waals surface area contributed by atoms with E-state index in [9.17, 15) is 30.0 Å². The Kier molecular flexibility index (Phi) is 6.14. The van der Waals surface area contributed by atoms with Crippen LogP contribution in [0.15, 0.2) is 23.5 Å². The predicted octanol–water partition coefficient (Wildman–Crippen LogP) is -1.11. The van der Waals surface area contributed by atoms with Gasteiger partial charge in [0.05, 0.1) is 24.7 Å². The topological polar surface area (TPSA) is 174 Å². The molecule has 0 radical (unpaired) electrons. The standard InChI is InChI=1S/C25H32O12/c1-9-3-4-10-12(8-33-22(31)14(9)10)21(30)35-19-11-5-6-32-23(15(11)25(2)20(19)37-25)36-24-18(29)17(28)16(27)13(7-26)34-24/h5-6,10-13,15-20,23-24,26-29H,3-4,7-8H2,1-2H3/t10-,11?,12?,13+,15+,16+,17-,18+,19-,20-,23-,24-,25+/m0/s1. The van der Waals surface area contributed by atoms with Crippen molar-refractivity contribution in [3.8, 4) is 0 Å². The Bertz CT molecular complexity index is 1020. The second-order valence-corrected chi connectivity index (χ2v) is 10.9. The number of aliphatic hydroxyl groups excluding tert-OH is 4. The Morgan fingerprint density at radius 2 is 1.97 bits per heavy atom. The number of esters is 2. The monoisotopic (exact) mass is 524 g/mol. The minimum atomic E-state index is -1.59. The third-order valence-corrected chi connectivity index (χ3v) is 8.88. The van der Waals surface area contributed by atoms with Gasteiger partial charge in [-0.3, -0.25) is 4.79 Å². The molecule has 3 saturated heterocycles. The highest BCUT2D eigenvalue weighted by atomic mass is 16.8. The highest BCUT2D eigenvalue weighted by Crippen LogP contribution is 2.60. The fraction of sp³-hybridized carbons (Fsp3) is 0.760. The summed E-state index contributed by atoms with van der Waals surface area (Å²) in [7, 11) is 0. The highest BCUT2D eigenvalue weighted by molar-refractivity contribution is 5.93. The predicted molar refractivity (Wildman–Crippen MR) is 119 cm³/mol. The Morgan fingerprint density at radius 3 is 2.73 bits per heavy atom. The van der Waals surface area contributed by atoms with E-state index in [1.165, 1.54) is 6.26 Å². The summed E-state index contributed by atoms with van der Waals surface area (Å²) in [6.07, 6.45) is -4.58. The SMILES string of the molecule is CC1=C2C(=O)OCC(C(=O)O[C@H]3C4C=CO[C@@H](O[C@@H]5O[C@H](CO)[C@@H](O)[C@H](O)[C@H]5O)[C@@H]4[C@@]4(C)O[C@@H]34)[C@@H]2CC1. The van der Waals surface area contributed by atoms with E-state index in [1.54, 1.807) is 6.08 Å². The van der Waals surface area contributed by atoms with Crippen molar-refractivity contribution in [2.45, 2.75) is 81.5 Å². The van der Waals surface area contributed by atoms with E-state index in [0.717, 1.165) is 12.0 Å². The van der Waals surface area contributed by atoms with Crippen LogP contribution in [0.25, 0.3) is 0 Å². The maximum absolute atomic E-state index is 13.3. The number of allylic oxidation sites excluding steroid dienone is 1. The summed E-state index contributed by atoms with van der Waals surface area (Å²) in [6, 6.07) is 0. The zero-order valence-corrected chi connectivity index (χ0v) is 20.5. The molecular weight excluding hydrogens is 492 g/mol. The molecule has 37 heavy (non-hydrogen) atoms. The van der Waals surface area contributed by atoms with Gasteiger partial charge in [0.15, 0.2) is 6.29 Å². The van der Waals surface area contributed by atoms with E-state index in [1.807, 2.05) is 13.8 Å². The summed E-state index contributed by atoms with van der Waals surface area (Å²) >= 11 is 0. The summed E-state index contributed by atoms with van der Waals surface area (Å²) in [5.74, 6) is -2.38. The van der Waals surface area contributed by atoms with Crippen molar-refractivity contribution in [2.75, 3.05) is 13.2 Å². The first-order chi connectivity index (χ1) is 17.7. The minimum Gasteiger partial charge on any atom is -0.472 e. The molecule has 0 bridgehead atoms. The van der Waals surface area contributed by atoms with Crippen LogP contribution >= 0.6 is 0 Å². The summed E-state index contributed by atoms with van der Waals surface area (Å²) in [5, 5.41) is 40.0. The summed E-state index contributed by atoms with van der Waals surface area (Å²) < 4.78 is 34.4. The van der Waals surface area contributed by atoms with Gasteiger partial charge in [0.25, 0.3) is 0 Å². The van der Waals surface area contributed by atoms with Crippen LogP contribution in [0, 0.1) is 23.7 Å². The molecule has 12 heteroatoms. The van der Waals surface area contributed by atoms with Crippen molar-refractivity contribution >= 4 is 11.9 Å². The number of hydrogen-bond donors (Lipinski definition) is 4. The molecule has 0 amide bonds. The Morgan fingerprint density at radius 1 is 1.19 bits per heavy atom. The lowest BCUT2D eigenvalue weighted by Crippen LogP contribution is -2.60. The first-order valence-corrected chi connectivity index (χ1v) is 12.7. The summed E-state index contributed by atoms with van der Waals surface area (Å²) in [5.41, 5.74) is 0.795. The summed E-state index contributed by atoms with van der Waals surface area (Å²) in [6.45, 7) is 3.14. The Hall–Kier alpha value is -2.06. The summed E-state index contributed by atoms with van der Waals surface area (Å²) in [4.78, 5) is 25.6. The fourth-order valence-corrected chi connectivity index (χ4v) is 6.75. The molecule has 1 saturated carbocycles. The van der Waals surface area contributed by atoms with Crippen molar-refractivity contribution in [3.05, 3.63) is 23.5 Å². The van der Waals surface area contributed by atoms with Gasteiger partial charge >= 0.3 is 11.9 Å². The number of hydrogen-bond acceptors (Lipinski definition) is 12. The van der Waals surface area contributed by atoms with E-state index < -0.39 is 79.2 Å². The van der Waals surface area contributed by atoms with Gasteiger partial charge in [-0.1, -0.05) is 5.57 Å². The van der Waals surface area contributed by atoms with Crippen LogP contribution in [0.2, 0.25) is 0 Å². The minimum absolute atomic E-state index is 0.0233. The fourth-order valence-electron chi connectivity index (χ4n) is 6.75. The lowest BCUT2D eigenvalue weighted by atomic mass is 9.84. The second-order valence-electron chi connectivity index (χ2n) is 10.9. The molecule has 2 aliphatic carbocycles. The number of ether oxygens (including phenoxy) is 6. The van der Waals surface area contributed by atoms with E-state index in [-0.39, 0.29) is 24.4 Å². The molecule has 4 aliphatic heterocycles. The average Bonchev–Trinajstić information content (AvgIpc) is 3.31. The molecule has 0 spiro atoms. The first kappa shape index (κ1) is 25.2. The molecular formula is C25H32O12. The quantitative estimate of drug-likeness (QED) is 0.253. The van der Waals surface area contributed by atoms with Crippen molar-refractivity contribution in [1.82, 2.24) is 0 Å². The number of aliphatic hydroxyl groups is 4. The molecule has 0 aromatic heterocycles. The molecule has 4 N–H and O–H groups in total. The number of epoxide rings is 1. The molecule has 4 heterocycles. The van der Waals surface area contributed by atoms with E-state index in [4.69, 9.17) is 28.4 Å². The zero-order chi connectivity index (χ0) is 26.2. The number of cyclic esters (lactones) is 1. The second kappa shape index (κ2) is 9.01. The lowest BCUT2D eigenvalue weighted by Gasteiger charge is -2.43. The van der Waals surface area contributed by atoms with Crippen LogP contribution in [0.4, 0.5) is 0 Å². The van der Waals surface area contributed by atoms with Gasteiger partial charge in [0.2, 0.25) is 6.29 Å². The highest BCUT2D eigenvalue weighted by Gasteiger charge is 2.75. The number of fused-ring (bicyclic) bond motifs is 4. The molecule has 4 fully saturated rings. The molecule has 204 valence electrons. The van der Waals surface area contributed by atoms with Gasteiger partial charge in [-0.05, 0) is 32.8 Å². The van der Waals surface area contributed by atoms with Gasteiger partial charge in [-0.2, -0.15) is 0 Å². The van der Waals surface area contributed by atoms with Gasteiger partial charge in [-0.25, -0.2) is 4.79 Å². The van der Waals surface area contributed by atoms with Gasteiger partial charge in [0.1, 0.15) is 48.8 Å². The van der Waals surface area contributed by atoms with Gasteiger partial charge in [-0.15, -0.1) is 0 Å². The molecule has 0 aromatic rings. The maximum Gasteiger partial charge on any atom is 0.334 e. The largest absolute Gasteiger partial charge is 0.472 e. The molecule has 13 atom stereocenters. The van der Waals surface area contributed by atoms with E-state index >= 15 is 0 Å². The Balaban J connectivity index is 1.17. The molecule has 0 aromatic carbocycles. The van der Waals surface area contributed by atoms with Crippen LogP contribution in [-0.2, 0) is 38.0 Å². The third kappa shape index (κ3) is 3.84. The van der Waals surface area contributed by atoms with Crippen LogP contribution in [0.3, 0.4) is 0 Å². The van der Waals surface area contributed by atoms with E-state index in [0.29, 0.717) is 12.0 Å². The zero-order valence-electron chi connectivity index (χ0n) is 20.5. The average molecular weight is 525 g/mol. The van der Waals surface area contributed by atoms with Crippen molar-refractivity contribution in [1.29, 1.82) is 0 Å². The van der Waals surface area contributed by atoms with Gasteiger partial charge in [0, 0.05) is 17.4 Å². The molecule has 2 unspecified atom stereocenters. The van der Waals surface area contributed by atoms with Crippen molar-refractivity contribution in [2.24, 2.45) is 23.7 Å². The van der Waals surface area contributed by atoms with Crippen LogP contribution < -0.4 is 0 Å². The van der Waals surface area contributed by atoms with Crippen molar-refractivity contribution < 1.29 is 58.4 Å². The van der Waals surface area contributed by atoms with E-state index in [2.05, 4.69) is 0 Å². The third-order valence-electron chi connectivity index (χ3n) is 8.88. The van der Waals surface area contributed by atoms with Crippen LogP contribution in [0.1, 0.15) is 26.7 Å². The normalized spacial score (nSPS) is 50.1. The first-order valence-electron chi connectivity index (χ1n) is 12.7. The number of rotatable bonds is 5. The van der Waals surface area contributed by atoms with Crippen molar-refractivity contribution in [3.63, 3.8) is 0 Å². The lowest BCUT2D eigenvalue weighted by molar-refractivity contribution is -0.344.